The lowest BCUT2D eigenvalue weighted by molar-refractivity contribution is -0.137. The van der Waals surface area contributed by atoms with Gasteiger partial charge >= 0.3 is 11.6 Å². The van der Waals surface area contributed by atoms with E-state index < -0.39 is 11.6 Å². The molecule has 0 amide bonds. The van der Waals surface area contributed by atoms with E-state index >= 15 is 0 Å². The molecule has 19 heavy (non-hydrogen) atoms. The van der Waals surface area contributed by atoms with Gasteiger partial charge in [-0.15, -0.1) is 0 Å². The molecule has 0 aliphatic carbocycles. The Balaban J connectivity index is 2.47. The lowest BCUT2D eigenvalue weighted by atomic mass is 10.1. The Morgan fingerprint density at radius 1 is 1.37 bits per heavy atom. The second-order valence-corrected chi connectivity index (χ2v) is 4.06. The first-order chi connectivity index (χ1) is 9.11. The van der Waals surface area contributed by atoms with Crippen molar-refractivity contribution < 1.29 is 13.9 Å². The second-order valence-electron chi connectivity index (χ2n) is 4.06. The van der Waals surface area contributed by atoms with E-state index in [0.29, 0.717) is 23.3 Å². The summed E-state index contributed by atoms with van der Waals surface area (Å²) in [5.41, 5.74) is 0.960. The highest BCUT2D eigenvalue weighted by Crippen LogP contribution is 2.17. The van der Waals surface area contributed by atoms with Crippen LogP contribution >= 0.6 is 0 Å². The molecule has 0 radical (unpaired) electrons. The molecule has 4 heteroatoms. The van der Waals surface area contributed by atoms with Crippen molar-refractivity contribution in [3.63, 3.8) is 0 Å². The van der Waals surface area contributed by atoms with Crippen LogP contribution in [0.2, 0.25) is 0 Å². The number of para-hydroxylation sites is 1. The van der Waals surface area contributed by atoms with Gasteiger partial charge in [-0.3, -0.25) is 0 Å². The van der Waals surface area contributed by atoms with Gasteiger partial charge in [-0.2, -0.15) is 0 Å². The standard InChI is InChI=1S/C15H14O4/c1-3-18-14(16)8-10(2)12-9-11-6-4-5-7-13(11)19-15(12)17/h4-9H,3H2,1-2H3/b10-8-. The van der Waals surface area contributed by atoms with Crippen LogP contribution in [-0.4, -0.2) is 12.6 Å². The molecule has 0 saturated heterocycles. The topological polar surface area (TPSA) is 56.5 Å². The maximum absolute atomic E-state index is 11.9. The molecule has 0 spiro atoms. The van der Waals surface area contributed by atoms with E-state index in [1.807, 2.05) is 12.1 Å². The van der Waals surface area contributed by atoms with E-state index in [-0.39, 0.29) is 0 Å². The van der Waals surface area contributed by atoms with E-state index in [1.54, 1.807) is 32.0 Å². The summed E-state index contributed by atoms with van der Waals surface area (Å²) in [5.74, 6) is -0.465. The van der Waals surface area contributed by atoms with Gasteiger partial charge in [0.15, 0.2) is 0 Å². The summed E-state index contributed by atoms with van der Waals surface area (Å²) in [4.78, 5) is 23.2. The Morgan fingerprint density at radius 3 is 2.84 bits per heavy atom. The highest BCUT2D eigenvalue weighted by atomic mass is 16.5. The molecule has 0 N–H and O–H groups in total. The molecule has 1 heterocycles. The van der Waals surface area contributed by atoms with Gasteiger partial charge in [-0.1, -0.05) is 18.2 Å². The fourth-order valence-corrected chi connectivity index (χ4v) is 1.78. The van der Waals surface area contributed by atoms with Crippen molar-refractivity contribution in [2.24, 2.45) is 0 Å². The molecule has 4 nitrogen and oxygen atoms in total. The zero-order valence-corrected chi connectivity index (χ0v) is 10.8. The first-order valence-corrected chi connectivity index (χ1v) is 6.00. The molecule has 1 aromatic carbocycles. The quantitative estimate of drug-likeness (QED) is 0.482. The van der Waals surface area contributed by atoms with Gasteiger partial charge in [0, 0.05) is 11.5 Å². The number of carbonyl (C=O) groups excluding carboxylic acids is 1. The third-order valence-electron chi connectivity index (χ3n) is 2.69. The number of esters is 1. The Labute approximate surface area is 110 Å². The van der Waals surface area contributed by atoms with Crippen molar-refractivity contribution in [1.29, 1.82) is 0 Å². The van der Waals surface area contributed by atoms with E-state index in [9.17, 15) is 9.59 Å². The van der Waals surface area contributed by atoms with Crippen molar-refractivity contribution in [2.45, 2.75) is 13.8 Å². The largest absolute Gasteiger partial charge is 0.463 e. The minimum Gasteiger partial charge on any atom is -0.463 e. The van der Waals surface area contributed by atoms with Gasteiger partial charge in [0.05, 0.1) is 12.2 Å². The van der Waals surface area contributed by atoms with Crippen molar-refractivity contribution in [2.75, 3.05) is 6.61 Å². The summed E-state index contributed by atoms with van der Waals surface area (Å²) in [6, 6.07) is 8.94. The van der Waals surface area contributed by atoms with Gasteiger partial charge in [0.2, 0.25) is 0 Å². The summed E-state index contributed by atoms with van der Waals surface area (Å²) < 4.78 is 10.0. The molecule has 0 atom stereocenters. The molecule has 0 bridgehead atoms. The normalized spacial score (nSPS) is 11.6. The molecular weight excluding hydrogens is 244 g/mol. The summed E-state index contributed by atoms with van der Waals surface area (Å²) >= 11 is 0. The molecule has 0 aliphatic heterocycles. The Bertz CT molecular complexity index is 695. The molecule has 2 aromatic rings. The smallest absolute Gasteiger partial charge is 0.343 e. The number of fused-ring (bicyclic) bond motifs is 1. The van der Waals surface area contributed by atoms with Crippen molar-refractivity contribution in [3.05, 3.63) is 52.4 Å². The third-order valence-corrected chi connectivity index (χ3v) is 2.69. The second kappa shape index (κ2) is 5.52. The van der Waals surface area contributed by atoms with Gasteiger partial charge in [-0.05, 0) is 31.6 Å². The lowest BCUT2D eigenvalue weighted by Gasteiger charge is -2.02. The lowest BCUT2D eigenvalue weighted by Crippen LogP contribution is -2.07. The van der Waals surface area contributed by atoms with Crippen LogP contribution in [0.25, 0.3) is 16.5 Å². The molecule has 0 unspecified atom stereocenters. The number of ether oxygens (including phenoxy) is 1. The van der Waals surface area contributed by atoms with E-state index in [1.165, 1.54) is 6.08 Å². The van der Waals surface area contributed by atoms with Crippen LogP contribution in [0.4, 0.5) is 0 Å². The van der Waals surface area contributed by atoms with Crippen molar-refractivity contribution in [3.8, 4) is 0 Å². The molecule has 2 rings (SSSR count). The summed E-state index contributed by atoms with van der Waals surface area (Å²) in [6.07, 6.45) is 1.30. The fourth-order valence-electron chi connectivity index (χ4n) is 1.78. The van der Waals surface area contributed by atoms with Crippen LogP contribution in [0.3, 0.4) is 0 Å². The number of carbonyl (C=O) groups is 1. The van der Waals surface area contributed by atoms with Gasteiger partial charge in [0.1, 0.15) is 5.58 Å². The van der Waals surface area contributed by atoms with Gasteiger partial charge < -0.3 is 9.15 Å². The van der Waals surface area contributed by atoms with E-state index in [2.05, 4.69) is 0 Å². The summed E-state index contributed by atoms with van der Waals surface area (Å²) in [6.45, 7) is 3.71. The van der Waals surface area contributed by atoms with E-state index in [4.69, 9.17) is 9.15 Å². The van der Waals surface area contributed by atoms with Gasteiger partial charge in [-0.25, -0.2) is 9.59 Å². The average molecular weight is 258 g/mol. The molecule has 1 aromatic heterocycles. The SMILES string of the molecule is CCOC(=O)/C=C(/C)c1cc2ccccc2oc1=O. The van der Waals surface area contributed by atoms with Gasteiger partial charge in [0.25, 0.3) is 0 Å². The van der Waals surface area contributed by atoms with Crippen LogP contribution < -0.4 is 5.63 Å². The predicted octanol–water partition coefficient (Wildman–Crippen LogP) is 2.76. The summed E-state index contributed by atoms with van der Waals surface area (Å²) in [7, 11) is 0. The predicted molar refractivity (Wildman–Crippen MR) is 72.8 cm³/mol. The number of benzene rings is 1. The zero-order chi connectivity index (χ0) is 13.8. The van der Waals surface area contributed by atoms with Crippen LogP contribution in [0.5, 0.6) is 0 Å². The van der Waals surface area contributed by atoms with Crippen LogP contribution in [-0.2, 0) is 9.53 Å². The fraction of sp³-hybridized carbons (Fsp3) is 0.200. The van der Waals surface area contributed by atoms with Crippen molar-refractivity contribution in [1.82, 2.24) is 0 Å². The first-order valence-electron chi connectivity index (χ1n) is 6.00. The van der Waals surface area contributed by atoms with Crippen LogP contribution in [0, 0.1) is 0 Å². The van der Waals surface area contributed by atoms with Crippen LogP contribution in [0.1, 0.15) is 19.4 Å². The highest BCUT2D eigenvalue weighted by molar-refractivity contribution is 5.91. The minimum atomic E-state index is -0.465. The third kappa shape index (κ3) is 2.91. The highest BCUT2D eigenvalue weighted by Gasteiger charge is 2.08. The van der Waals surface area contributed by atoms with Crippen LogP contribution in [0.15, 0.2) is 45.6 Å². The number of allylic oxidation sites excluding steroid dienone is 1. The first kappa shape index (κ1) is 13.1. The average Bonchev–Trinajstić information content (AvgIpc) is 2.38. The number of hydrogen-bond donors (Lipinski definition) is 0. The molecule has 0 saturated carbocycles. The Morgan fingerprint density at radius 2 is 2.11 bits per heavy atom. The zero-order valence-electron chi connectivity index (χ0n) is 10.8. The molecular formula is C15H14O4. The maximum Gasteiger partial charge on any atom is 0.343 e. The number of hydrogen-bond acceptors (Lipinski definition) is 4. The monoisotopic (exact) mass is 258 g/mol. The minimum absolute atomic E-state index is 0.301. The summed E-state index contributed by atoms with van der Waals surface area (Å²) in [5, 5.41) is 0.814. The van der Waals surface area contributed by atoms with E-state index in [0.717, 1.165) is 5.39 Å². The molecule has 0 aliphatic rings. The van der Waals surface area contributed by atoms with Crippen molar-refractivity contribution >= 4 is 22.5 Å². The molecule has 0 fully saturated rings. The Kier molecular flexibility index (Phi) is 3.80. The molecule has 98 valence electrons. The Hall–Kier alpha value is -2.36. The maximum atomic E-state index is 11.9. The number of rotatable bonds is 3.